The predicted molar refractivity (Wildman–Crippen MR) is 131 cm³/mol. The van der Waals surface area contributed by atoms with Gasteiger partial charge in [-0.2, -0.15) is 0 Å². The van der Waals surface area contributed by atoms with E-state index < -0.39 is 0 Å². The predicted octanol–water partition coefficient (Wildman–Crippen LogP) is 6.81. The van der Waals surface area contributed by atoms with Crippen molar-refractivity contribution in [3.63, 3.8) is 0 Å². The molecule has 0 fully saturated rings. The lowest BCUT2D eigenvalue weighted by molar-refractivity contribution is 0.653. The van der Waals surface area contributed by atoms with Crippen molar-refractivity contribution < 1.29 is 4.42 Å². The number of hydrogen-bond donors (Lipinski definition) is 0. The van der Waals surface area contributed by atoms with Gasteiger partial charge in [0.1, 0.15) is 11.1 Å². The van der Waals surface area contributed by atoms with E-state index in [2.05, 4.69) is 81.7 Å². The Balaban J connectivity index is 1.30. The molecule has 33 heavy (non-hydrogen) atoms. The molecule has 0 saturated heterocycles. The molecule has 5 heteroatoms. The van der Waals surface area contributed by atoms with Gasteiger partial charge in [-0.25, -0.2) is 15.0 Å². The van der Waals surface area contributed by atoms with Gasteiger partial charge in [0.05, 0.1) is 16.7 Å². The summed E-state index contributed by atoms with van der Waals surface area (Å²) in [5, 5.41) is 3.15. The van der Waals surface area contributed by atoms with Crippen LogP contribution in [-0.4, -0.2) is 19.9 Å². The van der Waals surface area contributed by atoms with Crippen LogP contribution in [-0.2, 0) is 0 Å². The monoisotopic (exact) mass is 424 g/mol. The van der Waals surface area contributed by atoms with Crippen LogP contribution in [0, 0.1) is 0 Å². The summed E-state index contributed by atoms with van der Waals surface area (Å²) in [7, 11) is 0. The third-order valence-corrected chi connectivity index (χ3v) is 6.05. The van der Waals surface area contributed by atoms with E-state index in [1.165, 1.54) is 0 Å². The SMILES string of the molecule is c1cnc2c(c1)ccc1ccc(-c3ccc(-c4ccc5oc6nccnc6c5c4)cc3)nc12. The maximum Gasteiger partial charge on any atom is 0.246 e. The topological polar surface area (TPSA) is 64.7 Å². The molecule has 0 N–H and O–H groups in total. The molecule has 0 spiro atoms. The largest absolute Gasteiger partial charge is 0.436 e. The van der Waals surface area contributed by atoms with Crippen LogP contribution in [0.25, 0.3) is 66.4 Å². The number of rotatable bonds is 2. The first-order chi connectivity index (χ1) is 16.3. The summed E-state index contributed by atoms with van der Waals surface area (Å²) in [5.74, 6) is 0. The van der Waals surface area contributed by atoms with E-state index in [-0.39, 0.29) is 0 Å². The maximum absolute atomic E-state index is 5.80. The van der Waals surface area contributed by atoms with E-state index in [0.717, 1.165) is 60.7 Å². The quantitative estimate of drug-likeness (QED) is 0.285. The number of nitrogens with zero attached hydrogens (tertiary/aromatic N) is 4. The number of hydrogen-bond acceptors (Lipinski definition) is 5. The molecule has 5 nitrogen and oxygen atoms in total. The number of aromatic nitrogens is 4. The Morgan fingerprint density at radius 3 is 2.18 bits per heavy atom. The fraction of sp³-hybridized carbons (Fsp3) is 0. The van der Waals surface area contributed by atoms with Gasteiger partial charge in [0.15, 0.2) is 0 Å². The highest BCUT2D eigenvalue weighted by molar-refractivity contribution is 6.04. The Labute approximate surface area is 188 Å². The second kappa shape index (κ2) is 6.93. The first-order valence-corrected chi connectivity index (χ1v) is 10.7. The third kappa shape index (κ3) is 2.87. The molecule has 0 radical (unpaired) electrons. The van der Waals surface area contributed by atoms with E-state index in [1.807, 2.05) is 18.3 Å². The highest BCUT2D eigenvalue weighted by Crippen LogP contribution is 2.32. The van der Waals surface area contributed by atoms with Crippen molar-refractivity contribution in [2.75, 3.05) is 0 Å². The number of furan rings is 1. The summed E-state index contributed by atoms with van der Waals surface area (Å²) < 4.78 is 5.80. The lowest BCUT2D eigenvalue weighted by Gasteiger charge is -2.07. The van der Waals surface area contributed by atoms with Crippen LogP contribution in [0.2, 0.25) is 0 Å². The van der Waals surface area contributed by atoms with Crippen LogP contribution in [0.4, 0.5) is 0 Å². The van der Waals surface area contributed by atoms with Gasteiger partial charge >= 0.3 is 0 Å². The lowest BCUT2D eigenvalue weighted by atomic mass is 10.0. The normalized spacial score (nSPS) is 11.6. The van der Waals surface area contributed by atoms with E-state index >= 15 is 0 Å². The van der Waals surface area contributed by atoms with Gasteiger partial charge in [-0.15, -0.1) is 0 Å². The summed E-state index contributed by atoms with van der Waals surface area (Å²) in [6.45, 7) is 0. The van der Waals surface area contributed by atoms with Gasteiger partial charge in [0.25, 0.3) is 0 Å². The molecular formula is C28H16N4O. The van der Waals surface area contributed by atoms with Crippen LogP contribution in [0.5, 0.6) is 0 Å². The molecule has 4 heterocycles. The second-order valence-corrected chi connectivity index (χ2v) is 8.01. The molecule has 3 aromatic carbocycles. The third-order valence-electron chi connectivity index (χ3n) is 6.05. The molecule has 0 saturated carbocycles. The van der Waals surface area contributed by atoms with E-state index in [9.17, 15) is 0 Å². The van der Waals surface area contributed by atoms with Gasteiger partial charge in [0, 0.05) is 40.3 Å². The Bertz CT molecular complexity index is 1820. The van der Waals surface area contributed by atoms with Crippen molar-refractivity contribution in [1.29, 1.82) is 0 Å². The molecular weight excluding hydrogens is 408 g/mol. The average molecular weight is 424 g/mol. The van der Waals surface area contributed by atoms with Crippen LogP contribution in [0.1, 0.15) is 0 Å². The minimum atomic E-state index is 0.560. The van der Waals surface area contributed by atoms with Crippen LogP contribution in [0.15, 0.2) is 102 Å². The van der Waals surface area contributed by atoms with Crippen molar-refractivity contribution in [1.82, 2.24) is 19.9 Å². The Morgan fingerprint density at radius 2 is 1.27 bits per heavy atom. The summed E-state index contributed by atoms with van der Waals surface area (Å²) >= 11 is 0. The van der Waals surface area contributed by atoms with Gasteiger partial charge in [-0.3, -0.25) is 4.98 Å². The summed E-state index contributed by atoms with van der Waals surface area (Å²) in [4.78, 5) is 18.2. The van der Waals surface area contributed by atoms with Crippen molar-refractivity contribution in [2.45, 2.75) is 0 Å². The first-order valence-electron chi connectivity index (χ1n) is 10.7. The fourth-order valence-corrected chi connectivity index (χ4v) is 4.39. The Morgan fingerprint density at radius 1 is 0.545 bits per heavy atom. The number of benzene rings is 3. The van der Waals surface area contributed by atoms with Crippen LogP contribution in [0.3, 0.4) is 0 Å². The van der Waals surface area contributed by atoms with Crippen molar-refractivity contribution >= 4 is 44.0 Å². The zero-order valence-electron chi connectivity index (χ0n) is 17.4. The Kier molecular flexibility index (Phi) is 3.78. The highest BCUT2D eigenvalue weighted by atomic mass is 16.3. The van der Waals surface area contributed by atoms with E-state index in [4.69, 9.17) is 9.40 Å². The molecule has 0 unspecified atom stereocenters. The minimum Gasteiger partial charge on any atom is -0.436 e. The van der Waals surface area contributed by atoms with E-state index in [0.29, 0.717) is 5.71 Å². The summed E-state index contributed by atoms with van der Waals surface area (Å²) in [6.07, 6.45) is 5.15. The van der Waals surface area contributed by atoms with Gasteiger partial charge in [-0.1, -0.05) is 54.6 Å². The molecule has 0 aliphatic carbocycles. The molecule has 0 aliphatic rings. The molecule has 7 aromatic rings. The van der Waals surface area contributed by atoms with Gasteiger partial charge < -0.3 is 4.42 Å². The minimum absolute atomic E-state index is 0.560. The molecule has 154 valence electrons. The number of fused-ring (bicyclic) bond motifs is 6. The highest BCUT2D eigenvalue weighted by Gasteiger charge is 2.11. The summed E-state index contributed by atoms with van der Waals surface area (Å²) in [5.41, 5.74) is 8.20. The lowest BCUT2D eigenvalue weighted by Crippen LogP contribution is -1.89. The smallest absolute Gasteiger partial charge is 0.246 e. The van der Waals surface area contributed by atoms with Crippen molar-refractivity contribution in [3.8, 4) is 22.4 Å². The fourth-order valence-electron chi connectivity index (χ4n) is 4.39. The van der Waals surface area contributed by atoms with E-state index in [1.54, 1.807) is 12.4 Å². The molecule has 7 rings (SSSR count). The molecule has 4 aromatic heterocycles. The molecule has 0 amide bonds. The standard InChI is InChI=1S/C28H16N4O/c1-2-19-7-8-20-9-11-23(32-26(20)25(19)29-13-1)18-5-3-17(4-6-18)21-10-12-24-22(16-21)27-28(33-24)31-15-14-30-27/h1-16H. The van der Waals surface area contributed by atoms with Gasteiger partial charge in [0.2, 0.25) is 5.71 Å². The zero-order chi connectivity index (χ0) is 21.8. The summed E-state index contributed by atoms with van der Waals surface area (Å²) in [6, 6.07) is 27.0. The zero-order valence-corrected chi connectivity index (χ0v) is 17.4. The van der Waals surface area contributed by atoms with Crippen LogP contribution < -0.4 is 0 Å². The number of pyridine rings is 2. The first kappa shape index (κ1) is 18.0. The maximum atomic E-state index is 5.80. The molecule has 0 bridgehead atoms. The van der Waals surface area contributed by atoms with Crippen LogP contribution >= 0.6 is 0 Å². The second-order valence-electron chi connectivity index (χ2n) is 8.01. The Hall–Kier alpha value is -4.64. The van der Waals surface area contributed by atoms with Crippen molar-refractivity contribution in [2.24, 2.45) is 0 Å². The molecule has 0 atom stereocenters. The average Bonchev–Trinajstić information content (AvgIpc) is 3.26. The molecule has 0 aliphatic heterocycles. The van der Waals surface area contributed by atoms with Gasteiger partial charge in [-0.05, 0) is 35.4 Å². The van der Waals surface area contributed by atoms with Crippen molar-refractivity contribution in [3.05, 3.63) is 97.5 Å².